The van der Waals surface area contributed by atoms with Crippen molar-refractivity contribution in [1.82, 2.24) is 9.97 Å². The van der Waals surface area contributed by atoms with Gasteiger partial charge in [0.15, 0.2) is 5.82 Å². The first kappa shape index (κ1) is 13.1. The lowest BCUT2D eigenvalue weighted by atomic mass is 10.1. The first-order chi connectivity index (χ1) is 8.76. The highest BCUT2D eigenvalue weighted by Gasteiger charge is 2.33. The molecule has 2 N–H and O–H groups in total. The van der Waals surface area contributed by atoms with Crippen LogP contribution in [0.3, 0.4) is 0 Å². The molecule has 2 rings (SSSR count). The molecule has 0 amide bonds. The summed E-state index contributed by atoms with van der Waals surface area (Å²) in [6.07, 6.45) is 6.93. The molecule has 5 nitrogen and oxygen atoms in total. The van der Waals surface area contributed by atoms with Crippen LogP contribution in [0.5, 0.6) is 5.88 Å². The van der Waals surface area contributed by atoms with Crippen LogP contribution in [0.25, 0.3) is 0 Å². The van der Waals surface area contributed by atoms with Gasteiger partial charge in [-0.3, -0.25) is 4.98 Å². The van der Waals surface area contributed by atoms with E-state index in [4.69, 9.17) is 10.5 Å². The van der Waals surface area contributed by atoms with E-state index in [0.717, 1.165) is 12.2 Å². The van der Waals surface area contributed by atoms with Gasteiger partial charge >= 0.3 is 0 Å². The minimum Gasteiger partial charge on any atom is -0.477 e. The van der Waals surface area contributed by atoms with Crippen LogP contribution in [0, 0.1) is 5.92 Å². The summed E-state index contributed by atoms with van der Waals surface area (Å²) in [4.78, 5) is 10.8. The fourth-order valence-electron chi connectivity index (χ4n) is 2.10. The number of hydrogen-bond donors (Lipinski definition) is 1. The molecule has 1 aliphatic rings. The van der Waals surface area contributed by atoms with Crippen molar-refractivity contribution in [2.45, 2.75) is 32.2 Å². The molecule has 0 aliphatic heterocycles. The van der Waals surface area contributed by atoms with Crippen LogP contribution < -0.4 is 15.4 Å². The lowest BCUT2D eigenvalue weighted by molar-refractivity contribution is 0.304. The van der Waals surface area contributed by atoms with Crippen molar-refractivity contribution < 1.29 is 4.74 Å². The molecule has 0 saturated heterocycles. The van der Waals surface area contributed by atoms with Crippen molar-refractivity contribution in [3.63, 3.8) is 0 Å². The molecule has 1 saturated carbocycles. The zero-order valence-corrected chi connectivity index (χ0v) is 11.2. The summed E-state index contributed by atoms with van der Waals surface area (Å²) in [6.45, 7) is 3.40. The maximum Gasteiger partial charge on any atom is 0.234 e. The Hall–Kier alpha value is -1.36. The molecule has 5 heteroatoms. The molecule has 0 bridgehead atoms. The van der Waals surface area contributed by atoms with Gasteiger partial charge in [0.2, 0.25) is 5.88 Å². The van der Waals surface area contributed by atoms with Gasteiger partial charge in [-0.2, -0.15) is 4.98 Å². The van der Waals surface area contributed by atoms with Crippen LogP contribution in [-0.4, -0.2) is 36.2 Å². The van der Waals surface area contributed by atoms with E-state index < -0.39 is 0 Å². The fraction of sp³-hybridized carbons (Fsp3) is 0.692. The second kappa shape index (κ2) is 6.00. The van der Waals surface area contributed by atoms with Crippen LogP contribution in [0.4, 0.5) is 5.82 Å². The van der Waals surface area contributed by atoms with Crippen molar-refractivity contribution in [3.05, 3.63) is 12.4 Å². The number of aromatic nitrogens is 2. The molecular weight excluding hydrogens is 228 g/mol. The Balaban J connectivity index is 2.06. The molecule has 1 aromatic rings. The zero-order valence-electron chi connectivity index (χ0n) is 11.2. The van der Waals surface area contributed by atoms with Crippen LogP contribution in [0.2, 0.25) is 0 Å². The van der Waals surface area contributed by atoms with E-state index in [1.807, 2.05) is 7.05 Å². The summed E-state index contributed by atoms with van der Waals surface area (Å²) < 4.78 is 5.50. The van der Waals surface area contributed by atoms with Crippen molar-refractivity contribution >= 4 is 5.82 Å². The monoisotopic (exact) mass is 250 g/mol. The quantitative estimate of drug-likeness (QED) is 0.793. The van der Waals surface area contributed by atoms with Crippen molar-refractivity contribution in [2.75, 3.05) is 25.1 Å². The van der Waals surface area contributed by atoms with E-state index in [2.05, 4.69) is 21.8 Å². The second-order valence-corrected chi connectivity index (χ2v) is 4.82. The van der Waals surface area contributed by atoms with Gasteiger partial charge in [0.1, 0.15) is 0 Å². The molecule has 1 aliphatic carbocycles. The summed E-state index contributed by atoms with van der Waals surface area (Å²) in [5, 5.41) is 0. The third-order valence-electron chi connectivity index (χ3n) is 3.32. The highest BCUT2D eigenvalue weighted by Crippen LogP contribution is 2.35. The van der Waals surface area contributed by atoms with Gasteiger partial charge < -0.3 is 15.4 Å². The Morgan fingerprint density at radius 3 is 2.89 bits per heavy atom. The predicted molar refractivity (Wildman–Crippen MR) is 71.8 cm³/mol. The molecule has 100 valence electrons. The topological polar surface area (TPSA) is 64.3 Å². The number of likely N-dealkylation sites (N-methyl/N-ethyl adjacent to an activating group) is 1. The maximum atomic E-state index is 5.85. The number of nitrogens with two attached hydrogens (primary N) is 1. The van der Waals surface area contributed by atoms with Crippen LogP contribution in [-0.2, 0) is 0 Å². The van der Waals surface area contributed by atoms with Crippen LogP contribution in [0.15, 0.2) is 12.4 Å². The molecular formula is C13H22N4O. The Labute approximate surface area is 108 Å². The van der Waals surface area contributed by atoms with Gasteiger partial charge in [-0.05, 0) is 25.2 Å². The highest BCUT2D eigenvalue weighted by atomic mass is 16.5. The van der Waals surface area contributed by atoms with E-state index in [1.54, 1.807) is 12.4 Å². The summed E-state index contributed by atoms with van der Waals surface area (Å²) in [5.41, 5.74) is 5.85. The van der Waals surface area contributed by atoms with Gasteiger partial charge in [0, 0.05) is 19.6 Å². The Morgan fingerprint density at radius 2 is 2.28 bits per heavy atom. The van der Waals surface area contributed by atoms with E-state index in [1.165, 1.54) is 12.8 Å². The summed E-state index contributed by atoms with van der Waals surface area (Å²) in [6, 6.07) is 0.362. The Kier molecular flexibility index (Phi) is 4.36. The predicted octanol–water partition coefficient (Wildman–Crippen LogP) is 1.44. The molecule has 1 atom stereocenters. The Morgan fingerprint density at radius 1 is 1.50 bits per heavy atom. The zero-order chi connectivity index (χ0) is 13.0. The summed E-state index contributed by atoms with van der Waals surface area (Å²) in [7, 11) is 2.03. The summed E-state index contributed by atoms with van der Waals surface area (Å²) >= 11 is 0. The van der Waals surface area contributed by atoms with Crippen molar-refractivity contribution in [3.8, 4) is 5.88 Å². The van der Waals surface area contributed by atoms with Gasteiger partial charge in [0.25, 0.3) is 0 Å². The second-order valence-electron chi connectivity index (χ2n) is 4.82. The number of ether oxygens (including phenoxy) is 1. The first-order valence-electron chi connectivity index (χ1n) is 6.64. The van der Waals surface area contributed by atoms with E-state index in [9.17, 15) is 0 Å². The fourth-order valence-corrected chi connectivity index (χ4v) is 2.10. The lowest BCUT2D eigenvalue weighted by Crippen LogP contribution is -2.40. The summed E-state index contributed by atoms with van der Waals surface area (Å²) in [5.74, 6) is 2.14. The molecule has 0 radical (unpaired) electrons. The molecule has 18 heavy (non-hydrogen) atoms. The highest BCUT2D eigenvalue weighted by molar-refractivity contribution is 5.38. The number of rotatable bonds is 7. The molecule has 0 spiro atoms. The van der Waals surface area contributed by atoms with E-state index in [0.29, 0.717) is 31.0 Å². The van der Waals surface area contributed by atoms with Crippen LogP contribution >= 0.6 is 0 Å². The van der Waals surface area contributed by atoms with E-state index >= 15 is 0 Å². The number of anilines is 1. The molecule has 0 aromatic carbocycles. The number of hydrogen-bond acceptors (Lipinski definition) is 5. The van der Waals surface area contributed by atoms with Crippen molar-refractivity contribution in [2.24, 2.45) is 11.7 Å². The number of nitrogens with zero attached hydrogens (tertiary/aromatic N) is 3. The molecule has 1 heterocycles. The average Bonchev–Trinajstić information content (AvgIpc) is 3.22. The minimum absolute atomic E-state index is 0.362. The minimum atomic E-state index is 0.362. The third kappa shape index (κ3) is 3.10. The largest absolute Gasteiger partial charge is 0.477 e. The van der Waals surface area contributed by atoms with Gasteiger partial charge in [-0.25, -0.2) is 0 Å². The third-order valence-corrected chi connectivity index (χ3v) is 3.32. The van der Waals surface area contributed by atoms with Gasteiger partial charge in [-0.15, -0.1) is 0 Å². The maximum absolute atomic E-state index is 5.85. The standard InChI is InChI=1S/C13H22N4O/c1-3-6-18-13-9-15-8-12(16-13)17(2)11(7-14)10-4-5-10/h8-11H,3-7,14H2,1-2H3. The van der Waals surface area contributed by atoms with Gasteiger partial charge in [-0.1, -0.05) is 6.92 Å². The lowest BCUT2D eigenvalue weighted by Gasteiger charge is -2.27. The van der Waals surface area contributed by atoms with Crippen LogP contribution in [0.1, 0.15) is 26.2 Å². The van der Waals surface area contributed by atoms with Crippen molar-refractivity contribution in [1.29, 1.82) is 0 Å². The molecule has 1 fully saturated rings. The molecule has 1 unspecified atom stereocenters. The smallest absolute Gasteiger partial charge is 0.234 e. The average molecular weight is 250 g/mol. The first-order valence-corrected chi connectivity index (χ1v) is 6.64. The normalized spacial score (nSPS) is 16.4. The Bertz CT molecular complexity index is 381. The SMILES string of the molecule is CCCOc1cncc(N(C)C(CN)C2CC2)n1. The molecule has 1 aromatic heterocycles. The van der Waals surface area contributed by atoms with E-state index in [-0.39, 0.29) is 0 Å². The van der Waals surface area contributed by atoms with Gasteiger partial charge in [0.05, 0.1) is 19.0 Å².